The zero-order valence-corrected chi connectivity index (χ0v) is 9.03. The Hall–Kier alpha value is 0.170. The Morgan fingerprint density at radius 1 is 1.09 bits per heavy atom. The summed E-state index contributed by atoms with van der Waals surface area (Å²) in [5, 5.41) is 0. The van der Waals surface area contributed by atoms with Crippen LogP contribution in [0, 0.1) is 0 Å². The number of unbranched alkanes of at least 4 members (excludes halogenated alkanes) is 2. The lowest BCUT2D eigenvalue weighted by atomic mass is 10.2. The fourth-order valence-electron chi connectivity index (χ4n) is 0.980. The van der Waals surface area contributed by atoms with Gasteiger partial charge < -0.3 is 0 Å². The molecule has 0 atom stereocenters. The third-order valence-electron chi connectivity index (χ3n) is 1.85. The quantitative estimate of drug-likeness (QED) is 0.416. The van der Waals surface area contributed by atoms with E-state index >= 15 is 0 Å². The van der Waals surface area contributed by atoms with Gasteiger partial charge in [0.25, 0.3) is 0 Å². The van der Waals surface area contributed by atoms with Crippen LogP contribution in [0.15, 0.2) is 11.9 Å². The second-order valence-corrected chi connectivity index (χ2v) is 5.49. The van der Waals surface area contributed by atoms with Crippen molar-refractivity contribution >= 4 is 7.92 Å². The Labute approximate surface area is 72.8 Å². The zero-order valence-electron chi connectivity index (χ0n) is 8.14. The maximum atomic E-state index is 2.45. The SMILES string of the molecule is CCCCC=CP(CC)CC. The molecule has 0 aliphatic carbocycles. The zero-order chi connectivity index (χ0) is 8.53. The molecule has 1 heteroatoms. The van der Waals surface area contributed by atoms with Crippen molar-refractivity contribution in [2.45, 2.75) is 40.0 Å². The molecule has 11 heavy (non-hydrogen) atoms. The second kappa shape index (κ2) is 8.27. The summed E-state index contributed by atoms with van der Waals surface area (Å²) in [6, 6.07) is 0. The van der Waals surface area contributed by atoms with Crippen LogP contribution in [-0.2, 0) is 0 Å². The summed E-state index contributed by atoms with van der Waals surface area (Å²) in [6.07, 6.45) is 9.05. The molecule has 0 bridgehead atoms. The van der Waals surface area contributed by atoms with Gasteiger partial charge in [0.05, 0.1) is 0 Å². The first-order chi connectivity index (χ1) is 5.35. The van der Waals surface area contributed by atoms with E-state index in [-0.39, 0.29) is 7.92 Å². The molecule has 0 spiro atoms. The Morgan fingerprint density at radius 3 is 2.18 bits per heavy atom. The van der Waals surface area contributed by atoms with Gasteiger partial charge in [0.15, 0.2) is 0 Å². The first kappa shape index (κ1) is 11.2. The van der Waals surface area contributed by atoms with E-state index in [1.165, 1.54) is 31.6 Å². The van der Waals surface area contributed by atoms with Crippen LogP contribution in [0.3, 0.4) is 0 Å². The van der Waals surface area contributed by atoms with Gasteiger partial charge in [0.1, 0.15) is 0 Å². The monoisotopic (exact) mass is 172 g/mol. The lowest BCUT2D eigenvalue weighted by Gasteiger charge is -2.05. The number of hydrogen-bond acceptors (Lipinski definition) is 0. The van der Waals surface area contributed by atoms with E-state index < -0.39 is 0 Å². The van der Waals surface area contributed by atoms with E-state index in [0.29, 0.717) is 0 Å². The van der Waals surface area contributed by atoms with E-state index in [4.69, 9.17) is 0 Å². The summed E-state index contributed by atoms with van der Waals surface area (Å²) < 4.78 is 0. The van der Waals surface area contributed by atoms with Crippen LogP contribution >= 0.6 is 7.92 Å². The molecule has 0 aromatic carbocycles. The van der Waals surface area contributed by atoms with Crippen molar-refractivity contribution in [2.24, 2.45) is 0 Å². The fraction of sp³-hybridized carbons (Fsp3) is 0.800. The molecule has 0 aliphatic heterocycles. The van der Waals surface area contributed by atoms with Crippen molar-refractivity contribution in [1.29, 1.82) is 0 Å². The molecule has 66 valence electrons. The third kappa shape index (κ3) is 6.56. The third-order valence-corrected chi connectivity index (χ3v) is 4.11. The Kier molecular flexibility index (Phi) is 8.40. The Morgan fingerprint density at radius 2 is 1.73 bits per heavy atom. The Bertz CT molecular complexity index is 93.0. The molecule has 0 nitrogen and oxygen atoms in total. The van der Waals surface area contributed by atoms with Crippen LogP contribution in [0.5, 0.6) is 0 Å². The summed E-state index contributed by atoms with van der Waals surface area (Å²) in [7, 11) is 0.247. The summed E-state index contributed by atoms with van der Waals surface area (Å²) in [5.41, 5.74) is 0. The highest BCUT2D eigenvalue weighted by Gasteiger charge is 1.93. The van der Waals surface area contributed by atoms with Crippen LogP contribution in [0.4, 0.5) is 0 Å². The lowest BCUT2D eigenvalue weighted by Crippen LogP contribution is -1.77. The molecule has 0 rings (SSSR count). The van der Waals surface area contributed by atoms with Crippen LogP contribution in [0.1, 0.15) is 40.0 Å². The molecule has 0 unspecified atom stereocenters. The highest BCUT2D eigenvalue weighted by atomic mass is 31.1. The molecule has 0 aliphatic rings. The predicted octanol–water partition coefficient (Wildman–Crippen LogP) is 4.21. The normalized spacial score (nSPS) is 11.6. The topological polar surface area (TPSA) is 0 Å². The second-order valence-electron chi connectivity index (χ2n) is 2.75. The van der Waals surface area contributed by atoms with Crippen LogP contribution in [0.2, 0.25) is 0 Å². The average molecular weight is 172 g/mol. The minimum atomic E-state index is 0.247. The molecule has 0 aromatic heterocycles. The molecule has 0 fully saturated rings. The van der Waals surface area contributed by atoms with E-state index in [0.717, 1.165) is 0 Å². The van der Waals surface area contributed by atoms with Gasteiger partial charge in [-0.05, 0) is 18.7 Å². The molecule has 0 amide bonds. The smallest absolute Gasteiger partial charge is 0.0320 e. The average Bonchev–Trinajstić information content (AvgIpc) is 2.05. The molecular formula is C10H21P. The first-order valence-corrected chi connectivity index (χ1v) is 6.53. The maximum Gasteiger partial charge on any atom is -0.0320 e. The number of rotatable bonds is 6. The molecule has 0 radical (unpaired) electrons. The van der Waals surface area contributed by atoms with Gasteiger partial charge in [-0.15, -0.1) is 0 Å². The minimum absolute atomic E-state index is 0.247. The maximum absolute atomic E-state index is 2.45. The summed E-state index contributed by atoms with van der Waals surface area (Å²) >= 11 is 0. The summed E-state index contributed by atoms with van der Waals surface area (Å²) in [4.78, 5) is 0. The van der Waals surface area contributed by atoms with E-state index in [1.54, 1.807) is 0 Å². The highest BCUT2D eigenvalue weighted by Crippen LogP contribution is 2.35. The molecular weight excluding hydrogens is 151 g/mol. The van der Waals surface area contributed by atoms with Crippen molar-refractivity contribution < 1.29 is 0 Å². The highest BCUT2D eigenvalue weighted by molar-refractivity contribution is 7.60. The van der Waals surface area contributed by atoms with Gasteiger partial charge in [-0.3, -0.25) is 0 Å². The van der Waals surface area contributed by atoms with Crippen LogP contribution in [0.25, 0.3) is 0 Å². The van der Waals surface area contributed by atoms with Crippen molar-refractivity contribution in [1.82, 2.24) is 0 Å². The van der Waals surface area contributed by atoms with Crippen LogP contribution in [-0.4, -0.2) is 12.3 Å². The number of hydrogen-bond donors (Lipinski definition) is 0. The molecule has 0 aromatic rings. The van der Waals surface area contributed by atoms with Crippen molar-refractivity contribution in [3.63, 3.8) is 0 Å². The van der Waals surface area contributed by atoms with Crippen molar-refractivity contribution in [2.75, 3.05) is 12.3 Å². The standard InChI is InChI=1S/C10H21P/c1-4-7-8-9-10-11(5-2)6-3/h9-10H,4-8H2,1-3H3. The number of allylic oxidation sites excluding steroid dienone is 1. The van der Waals surface area contributed by atoms with Gasteiger partial charge in [-0.1, -0.05) is 53.4 Å². The van der Waals surface area contributed by atoms with Gasteiger partial charge in [0.2, 0.25) is 0 Å². The minimum Gasteiger partial charge on any atom is -0.0841 e. The molecule has 0 saturated carbocycles. The van der Waals surface area contributed by atoms with E-state index in [2.05, 4.69) is 32.7 Å². The van der Waals surface area contributed by atoms with E-state index in [1.807, 2.05) is 0 Å². The lowest BCUT2D eigenvalue weighted by molar-refractivity contribution is 0.815. The van der Waals surface area contributed by atoms with Crippen molar-refractivity contribution in [3.05, 3.63) is 11.9 Å². The van der Waals surface area contributed by atoms with E-state index in [9.17, 15) is 0 Å². The predicted molar refractivity (Wildman–Crippen MR) is 56.7 cm³/mol. The van der Waals surface area contributed by atoms with Gasteiger partial charge in [-0.25, -0.2) is 0 Å². The summed E-state index contributed by atoms with van der Waals surface area (Å²) in [6.45, 7) is 6.83. The van der Waals surface area contributed by atoms with Crippen LogP contribution < -0.4 is 0 Å². The Balaban J connectivity index is 3.36. The largest absolute Gasteiger partial charge is 0.0841 e. The van der Waals surface area contributed by atoms with Gasteiger partial charge >= 0.3 is 0 Å². The summed E-state index contributed by atoms with van der Waals surface area (Å²) in [5.74, 6) is 2.45. The van der Waals surface area contributed by atoms with Crippen molar-refractivity contribution in [3.8, 4) is 0 Å². The first-order valence-electron chi connectivity index (χ1n) is 4.75. The fourth-order valence-corrected chi connectivity index (χ4v) is 2.30. The molecule has 0 saturated heterocycles. The van der Waals surface area contributed by atoms with Gasteiger partial charge in [0, 0.05) is 0 Å². The van der Waals surface area contributed by atoms with Gasteiger partial charge in [-0.2, -0.15) is 0 Å². The molecule has 0 heterocycles. The molecule has 0 N–H and O–H groups in total.